The van der Waals surface area contributed by atoms with Gasteiger partial charge in [0.15, 0.2) is 11.5 Å². The average Bonchev–Trinajstić information content (AvgIpc) is 3.36. The minimum atomic E-state index is -2.11. The summed E-state index contributed by atoms with van der Waals surface area (Å²) in [6.45, 7) is 8.00. The number of H-pyrrole nitrogens is 1. The lowest BCUT2D eigenvalue weighted by Gasteiger charge is -2.43. The van der Waals surface area contributed by atoms with Crippen molar-refractivity contribution in [3.05, 3.63) is 48.1 Å². The fraction of sp³-hybridized carbons (Fsp3) is 0.400. The van der Waals surface area contributed by atoms with Crippen molar-refractivity contribution in [3.63, 3.8) is 0 Å². The lowest BCUT2D eigenvalue weighted by Crippen LogP contribution is -2.53. The number of halogens is 1. The topological polar surface area (TPSA) is 148 Å². The number of ether oxygens (including phenoxy) is 1. The Morgan fingerprint density at radius 1 is 1.26 bits per heavy atom. The SMILES string of the molecule is COc1ncc(Nc2ncc([C@@H](C)N3CCN(CS(=O)[O-])C[C@@H]3C)cc2-c2nc(C)nc3nc[nH]c23)cc1F. The zero-order chi connectivity index (χ0) is 27.7. The van der Waals surface area contributed by atoms with Gasteiger partial charge in [0.1, 0.15) is 22.9 Å². The number of aromatic nitrogens is 6. The van der Waals surface area contributed by atoms with Crippen LogP contribution in [0.2, 0.25) is 0 Å². The van der Waals surface area contributed by atoms with E-state index in [-0.39, 0.29) is 23.8 Å². The maximum atomic E-state index is 14.4. The number of anilines is 2. The molecule has 1 aliphatic heterocycles. The molecule has 0 saturated carbocycles. The summed E-state index contributed by atoms with van der Waals surface area (Å²) in [4.78, 5) is 29.6. The molecule has 0 bridgehead atoms. The van der Waals surface area contributed by atoms with Gasteiger partial charge >= 0.3 is 0 Å². The molecule has 5 heterocycles. The number of hydrogen-bond acceptors (Lipinski definition) is 11. The molecule has 206 valence electrons. The normalized spacial score (nSPS) is 18.3. The molecule has 0 radical (unpaired) electrons. The Bertz CT molecular complexity index is 1520. The zero-order valence-electron chi connectivity index (χ0n) is 22.0. The van der Waals surface area contributed by atoms with Crippen molar-refractivity contribution in [3.8, 4) is 17.1 Å². The average molecular weight is 555 g/mol. The Morgan fingerprint density at radius 2 is 2.08 bits per heavy atom. The van der Waals surface area contributed by atoms with Gasteiger partial charge in [0, 0.05) is 49.5 Å². The Kier molecular flexibility index (Phi) is 7.79. The van der Waals surface area contributed by atoms with E-state index in [0.29, 0.717) is 59.4 Å². The number of hydrogen-bond donors (Lipinski definition) is 2. The first-order chi connectivity index (χ1) is 18.7. The third-order valence-corrected chi connectivity index (χ3v) is 7.43. The van der Waals surface area contributed by atoms with Crippen molar-refractivity contribution in [1.82, 2.24) is 39.7 Å². The van der Waals surface area contributed by atoms with E-state index in [1.54, 1.807) is 19.4 Å². The molecule has 2 N–H and O–H groups in total. The highest BCUT2D eigenvalue weighted by Crippen LogP contribution is 2.35. The van der Waals surface area contributed by atoms with Crippen LogP contribution in [0.15, 0.2) is 30.9 Å². The molecular weight excluding hydrogens is 525 g/mol. The van der Waals surface area contributed by atoms with Crippen molar-refractivity contribution in [2.75, 3.05) is 37.9 Å². The summed E-state index contributed by atoms with van der Waals surface area (Å²) < 4.78 is 41.7. The van der Waals surface area contributed by atoms with Gasteiger partial charge in [-0.3, -0.25) is 14.0 Å². The van der Waals surface area contributed by atoms with Crippen molar-refractivity contribution < 1.29 is 17.9 Å². The number of nitrogens with zero attached hydrogens (tertiary/aromatic N) is 7. The molecule has 1 unspecified atom stereocenters. The molecule has 4 aromatic heterocycles. The van der Waals surface area contributed by atoms with E-state index >= 15 is 0 Å². The zero-order valence-corrected chi connectivity index (χ0v) is 22.8. The summed E-state index contributed by atoms with van der Waals surface area (Å²) in [7, 11) is 1.36. The number of aryl methyl sites for hydroxylation is 1. The van der Waals surface area contributed by atoms with E-state index in [9.17, 15) is 13.2 Å². The van der Waals surface area contributed by atoms with Crippen LogP contribution in [0.4, 0.5) is 15.9 Å². The van der Waals surface area contributed by atoms with Crippen LogP contribution >= 0.6 is 0 Å². The first-order valence-corrected chi connectivity index (χ1v) is 13.7. The van der Waals surface area contributed by atoms with Gasteiger partial charge in [-0.25, -0.2) is 29.3 Å². The van der Waals surface area contributed by atoms with Crippen molar-refractivity contribution >= 4 is 33.7 Å². The van der Waals surface area contributed by atoms with Crippen LogP contribution in [0.1, 0.15) is 31.3 Å². The summed E-state index contributed by atoms with van der Waals surface area (Å²) in [5.74, 6) is 0.345. The molecule has 1 aliphatic rings. The lowest BCUT2D eigenvalue weighted by molar-refractivity contribution is 0.0630. The molecule has 5 rings (SSSR count). The van der Waals surface area contributed by atoms with E-state index in [1.807, 2.05) is 11.0 Å². The third-order valence-electron chi connectivity index (χ3n) is 6.86. The van der Waals surface area contributed by atoms with Gasteiger partial charge in [0.2, 0.25) is 5.88 Å². The number of piperazine rings is 1. The number of aromatic amines is 1. The monoisotopic (exact) mass is 554 g/mol. The number of imidazole rings is 1. The fourth-order valence-electron chi connectivity index (χ4n) is 4.99. The van der Waals surface area contributed by atoms with Gasteiger partial charge in [0.25, 0.3) is 0 Å². The highest BCUT2D eigenvalue weighted by atomic mass is 32.2. The minimum Gasteiger partial charge on any atom is -0.771 e. The summed E-state index contributed by atoms with van der Waals surface area (Å²) in [6.07, 6.45) is 4.82. The second-order valence-electron chi connectivity index (χ2n) is 9.50. The van der Waals surface area contributed by atoms with E-state index in [4.69, 9.17) is 14.7 Å². The lowest BCUT2D eigenvalue weighted by atomic mass is 10.0. The molecular formula is C25H29FN9O3S-. The highest BCUT2D eigenvalue weighted by Gasteiger charge is 2.29. The predicted molar refractivity (Wildman–Crippen MR) is 144 cm³/mol. The third kappa shape index (κ3) is 5.73. The van der Waals surface area contributed by atoms with Crippen molar-refractivity contribution in [2.45, 2.75) is 32.9 Å². The number of fused-ring (bicyclic) bond motifs is 1. The second-order valence-corrected chi connectivity index (χ2v) is 10.4. The molecule has 0 aromatic carbocycles. The minimum absolute atomic E-state index is 0.0134. The van der Waals surface area contributed by atoms with E-state index < -0.39 is 16.9 Å². The molecule has 39 heavy (non-hydrogen) atoms. The van der Waals surface area contributed by atoms with Crippen LogP contribution in [-0.2, 0) is 11.1 Å². The molecule has 0 amide bonds. The molecule has 12 nitrogen and oxygen atoms in total. The Balaban J connectivity index is 1.53. The number of methoxy groups -OCH3 is 1. The summed E-state index contributed by atoms with van der Waals surface area (Å²) in [5.41, 5.74) is 3.82. The predicted octanol–water partition coefficient (Wildman–Crippen LogP) is 2.91. The smallest absolute Gasteiger partial charge is 0.250 e. The van der Waals surface area contributed by atoms with Crippen LogP contribution < -0.4 is 10.1 Å². The fourth-order valence-corrected chi connectivity index (χ4v) is 5.52. The first kappa shape index (κ1) is 27.0. The Morgan fingerprint density at radius 3 is 2.79 bits per heavy atom. The quantitative estimate of drug-likeness (QED) is 0.310. The maximum absolute atomic E-state index is 14.4. The number of pyridine rings is 2. The van der Waals surface area contributed by atoms with E-state index in [1.165, 1.54) is 19.4 Å². The molecule has 0 aliphatic carbocycles. The van der Waals surface area contributed by atoms with Gasteiger partial charge in [-0.2, -0.15) is 0 Å². The molecule has 1 fully saturated rings. The van der Waals surface area contributed by atoms with Gasteiger partial charge in [-0.05, 0) is 43.5 Å². The van der Waals surface area contributed by atoms with E-state index in [2.05, 4.69) is 44.0 Å². The standard InChI is InChI=1S/C25H30FN9O3S/c1-14-11-34(13-39(36)37)5-6-35(14)15(2)17-7-19(21-22-24(30-12-29-22)32-16(3)31-21)23(27-9-17)33-18-8-20(26)25(38-4)28-10-18/h7-10,12,14-15H,5-6,11,13H2,1-4H3,(H,27,33)(H,36,37)(H,29,30,31,32)/p-1/t14-,15+/m0/s1. The van der Waals surface area contributed by atoms with Crippen LogP contribution in [0.3, 0.4) is 0 Å². The molecule has 3 atom stereocenters. The van der Waals surface area contributed by atoms with Crippen LogP contribution in [0.5, 0.6) is 5.88 Å². The van der Waals surface area contributed by atoms with Gasteiger partial charge in [0.05, 0.1) is 31.2 Å². The summed E-state index contributed by atoms with van der Waals surface area (Å²) in [5, 5.41) is 3.18. The molecule has 1 saturated heterocycles. The van der Waals surface area contributed by atoms with E-state index in [0.717, 1.165) is 5.56 Å². The summed E-state index contributed by atoms with van der Waals surface area (Å²) >= 11 is -2.11. The Hall–Kier alpha value is -3.59. The second kappa shape index (κ2) is 11.3. The van der Waals surface area contributed by atoms with Gasteiger partial charge in [-0.15, -0.1) is 0 Å². The number of nitrogens with one attached hydrogen (secondary N) is 2. The largest absolute Gasteiger partial charge is 0.771 e. The van der Waals surface area contributed by atoms with Crippen LogP contribution in [-0.4, -0.2) is 87.1 Å². The van der Waals surface area contributed by atoms with Crippen LogP contribution in [0, 0.1) is 12.7 Å². The maximum Gasteiger partial charge on any atom is 0.250 e. The van der Waals surface area contributed by atoms with Crippen LogP contribution in [0.25, 0.3) is 22.4 Å². The molecule has 4 aromatic rings. The first-order valence-electron chi connectivity index (χ1n) is 12.4. The van der Waals surface area contributed by atoms with Gasteiger partial charge in [-0.1, -0.05) is 0 Å². The number of rotatable bonds is 8. The van der Waals surface area contributed by atoms with Crippen molar-refractivity contribution in [1.29, 1.82) is 0 Å². The highest BCUT2D eigenvalue weighted by molar-refractivity contribution is 7.79. The summed E-state index contributed by atoms with van der Waals surface area (Å²) in [6, 6.07) is 3.43. The van der Waals surface area contributed by atoms with Gasteiger partial charge < -0.3 is 19.6 Å². The molecule has 14 heteroatoms. The van der Waals surface area contributed by atoms with Crippen molar-refractivity contribution in [2.24, 2.45) is 0 Å². The Labute approximate surface area is 227 Å². The molecule has 0 spiro atoms.